The smallest absolute Gasteiger partial charge is 0.180 e. The molecule has 2 heterocycles. The molecular formula is C19H17BrFNO2S2. The van der Waals surface area contributed by atoms with Gasteiger partial charge in [0.05, 0.1) is 10.6 Å². The number of hydrogen-bond donors (Lipinski definition) is 1. The maximum Gasteiger partial charge on any atom is 0.180 e. The van der Waals surface area contributed by atoms with Crippen molar-refractivity contribution < 1.29 is 12.8 Å². The Balaban J connectivity index is 1.81. The topological polar surface area (TPSA) is 49.9 Å². The van der Waals surface area contributed by atoms with Crippen LogP contribution in [-0.4, -0.2) is 19.2 Å². The zero-order valence-electron chi connectivity index (χ0n) is 14.1. The van der Waals surface area contributed by atoms with Crippen molar-refractivity contribution in [3.8, 4) is 11.3 Å². The molecule has 0 atom stereocenters. The molecule has 0 saturated carbocycles. The maximum atomic E-state index is 14.2. The summed E-state index contributed by atoms with van der Waals surface area (Å²) in [7, 11) is -3.52. The molecule has 0 aliphatic rings. The summed E-state index contributed by atoms with van der Waals surface area (Å²) in [4.78, 5) is 3.21. The summed E-state index contributed by atoms with van der Waals surface area (Å²) >= 11 is 4.85. The van der Waals surface area contributed by atoms with E-state index in [1.54, 1.807) is 23.5 Å². The zero-order valence-corrected chi connectivity index (χ0v) is 17.3. The van der Waals surface area contributed by atoms with E-state index < -0.39 is 15.7 Å². The number of sulfone groups is 1. The minimum atomic E-state index is -3.52. The lowest BCUT2D eigenvalue weighted by Gasteiger charge is -2.09. The van der Waals surface area contributed by atoms with Gasteiger partial charge >= 0.3 is 0 Å². The molecule has 1 aromatic carbocycles. The summed E-state index contributed by atoms with van der Waals surface area (Å²) in [6.07, 6.45) is 1.58. The number of aryl methyl sites for hydroxylation is 1. The summed E-state index contributed by atoms with van der Waals surface area (Å²) in [5, 5.41) is 3.87. The van der Waals surface area contributed by atoms with Gasteiger partial charge in [-0.05, 0) is 59.7 Å². The number of aromatic amines is 1. The first kappa shape index (κ1) is 19.1. The third-order valence-electron chi connectivity index (χ3n) is 4.08. The van der Waals surface area contributed by atoms with E-state index in [4.69, 9.17) is 0 Å². The van der Waals surface area contributed by atoms with Gasteiger partial charge in [-0.3, -0.25) is 0 Å². The van der Waals surface area contributed by atoms with Crippen molar-refractivity contribution in [2.24, 2.45) is 0 Å². The number of nitrogens with one attached hydrogen (secondary N) is 1. The molecule has 0 spiro atoms. The van der Waals surface area contributed by atoms with Crippen LogP contribution in [0, 0.1) is 5.82 Å². The summed E-state index contributed by atoms with van der Waals surface area (Å²) in [5.74, 6) is -0.590. The van der Waals surface area contributed by atoms with E-state index in [0.29, 0.717) is 10.0 Å². The Morgan fingerprint density at radius 2 is 2.12 bits per heavy atom. The van der Waals surface area contributed by atoms with E-state index in [0.717, 1.165) is 22.4 Å². The number of benzene rings is 1. The number of halogens is 2. The minimum absolute atomic E-state index is 0.0979. The molecule has 0 radical (unpaired) electrons. The lowest BCUT2D eigenvalue weighted by Crippen LogP contribution is -2.09. The number of aromatic nitrogens is 1. The highest BCUT2D eigenvalue weighted by atomic mass is 79.9. The maximum absolute atomic E-state index is 14.2. The lowest BCUT2D eigenvalue weighted by atomic mass is 10.0. The van der Waals surface area contributed by atoms with E-state index in [9.17, 15) is 12.8 Å². The van der Waals surface area contributed by atoms with Crippen LogP contribution in [0.3, 0.4) is 0 Å². The van der Waals surface area contributed by atoms with Crippen LogP contribution in [0.25, 0.3) is 16.8 Å². The molecule has 0 unspecified atom stereocenters. The van der Waals surface area contributed by atoms with Gasteiger partial charge in [-0.25, -0.2) is 12.8 Å². The molecular weight excluding hydrogens is 437 g/mol. The predicted octanol–water partition coefficient (Wildman–Crippen LogP) is 5.69. The Morgan fingerprint density at radius 1 is 1.35 bits per heavy atom. The van der Waals surface area contributed by atoms with Crippen LogP contribution in [0.4, 0.5) is 4.39 Å². The van der Waals surface area contributed by atoms with Crippen LogP contribution in [-0.2, 0) is 16.3 Å². The van der Waals surface area contributed by atoms with Gasteiger partial charge in [-0.1, -0.05) is 22.5 Å². The van der Waals surface area contributed by atoms with Crippen LogP contribution in [0.15, 0.2) is 57.2 Å². The number of H-pyrrole nitrogens is 1. The molecule has 0 saturated heterocycles. The number of allylic oxidation sites excluding steroid dienone is 1. The normalized spacial score (nSPS) is 11.7. The molecule has 0 aliphatic carbocycles. The summed E-state index contributed by atoms with van der Waals surface area (Å²) in [6.45, 7) is 5.69. The number of hydrogen-bond acceptors (Lipinski definition) is 3. The monoisotopic (exact) mass is 453 g/mol. The van der Waals surface area contributed by atoms with Gasteiger partial charge in [0.25, 0.3) is 0 Å². The number of thiophene rings is 1. The van der Waals surface area contributed by atoms with E-state index in [2.05, 4.69) is 27.5 Å². The van der Waals surface area contributed by atoms with Crippen molar-refractivity contribution in [1.82, 2.24) is 4.98 Å². The summed E-state index contributed by atoms with van der Waals surface area (Å²) in [5.41, 5.74) is 3.63. The lowest BCUT2D eigenvalue weighted by molar-refractivity contribution is 0.591. The van der Waals surface area contributed by atoms with E-state index in [1.807, 2.05) is 23.8 Å². The molecule has 3 rings (SSSR count). The van der Waals surface area contributed by atoms with E-state index >= 15 is 0 Å². The highest BCUT2D eigenvalue weighted by molar-refractivity contribution is 9.10. The quantitative estimate of drug-likeness (QED) is 0.520. The molecule has 3 aromatic rings. The fourth-order valence-electron chi connectivity index (χ4n) is 2.61. The SMILES string of the molecule is C=C(C)c1cc(CCS(=O)(=O)c2c[nH]c(-c3ccsc3)c2)c(F)cc1Br. The average Bonchev–Trinajstić information content (AvgIpc) is 3.25. The second-order valence-corrected chi connectivity index (χ2v) is 9.78. The van der Waals surface area contributed by atoms with Crippen LogP contribution < -0.4 is 0 Å². The summed E-state index contributed by atoms with van der Waals surface area (Å²) < 4.78 is 40.1. The van der Waals surface area contributed by atoms with Gasteiger partial charge in [0, 0.05) is 27.3 Å². The highest BCUT2D eigenvalue weighted by Gasteiger charge is 2.19. The van der Waals surface area contributed by atoms with Crippen molar-refractivity contribution in [2.45, 2.75) is 18.2 Å². The van der Waals surface area contributed by atoms with E-state index in [-0.39, 0.29) is 17.1 Å². The molecule has 0 bridgehead atoms. The predicted molar refractivity (Wildman–Crippen MR) is 109 cm³/mol. The van der Waals surface area contributed by atoms with Crippen LogP contribution in [0.2, 0.25) is 0 Å². The van der Waals surface area contributed by atoms with E-state index in [1.165, 1.54) is 12.3 Å². The molecule has 1 N–H and O–H groups in total. The van der Waals surface area contributed by atoms with Gasteiger partial charge in [-0.2, -0.15) is 11.3 Å². The molecule has 2 aromatic heterocycles. The molecule has 0 amide bonds. The zero-order chi connectivity index (χ0) is 18.9. The van der Waals surface area contributed by atoms with Gasteiger partial charge in [0.1, 0.15) is 5.82 Å². The Kier molecular flexibility index (Phi) is 5.50. The minimum Gasteiger partial charge on any atom is -0.360 e. The highest BCUT2D eigenvalue weighted by Crippen LogP contribution is 2.28. The fraction of sp³-hybridized carbons (Fsp3) is 0.158. The second-order valence-electron chi connectivity index (χ2n) is 6.03. The van der Waals surface area contributed by atoms with Crippen molar-refractivity contribution in [2.75, 3.05) is 5.75 Å². The Bertz CT molecular complexity index is 1050. The molecule has 0 fully saturated rings. The average molecular weight is 454 g/mol. The van der Waals surface area contributed by atoms with Crippen molar-refractivity contribution >= 4 is 42.7 Å². The first-order valence-electron chi connectivity index (χ1n) is 7.85. The molecule has 0 aliphatic heterocycles. The van der Waals surface area contributed by atoms with Gasteiger partial charge in [0.15, 0.2) is 9.84 Å². The summed E-state index contributed by atoms with van der Waals surface area (Å²) in [6, 6.07) is 6.56. The molecule has 3 nitrogen and oxygen atoms in total. The molecule has 136 valence electrons. The largest absolute Gasteiger partial charge is 0.360 e. The molecule has 26 heavy (non-hydrogen) atoms. The Labute approximate surface area is 164 Å². The van der Waals surface area contributed by atoms with Gasteiger partial charge < -0.3 is 4.98 Å². The molecule has 7 heteroatoms. The third-order valence-corrected chi connectivity index (χ3v) is 7.12. The van der Waals surface area contributed by atoms with Crippen LogP contribution in [0.5, 0.6) is 0 Å². The van der Waals surface area contributed by atoms with Crippen molar-refractivity contribution in [3.05, 3.63) is 69.2 Å². The van der Waals surface area contributed by atoms with Crippen LogP contribution >= 0.6 is 27.3 Å². The Hall–Kier alpha value is -1.70. The fourth-order valence-corrected chi connectivity index (χ4v) is 5.18. The second kappa shape index (κ2) is 7.50. The van der Waals surface area contributed by atoms with Crippen molar-refractivity contribution in [1.29, 1.82) is 0 Å². The Morgan fingerprint density at radius 3 is 2.77 bits per heavy atom. The van der Waals surface area contributed by atoms with Gasteiger partial charge in [-0.15, -0.1) is 0 Å². The first-order valence-corrected chi connectivity index (χ1v) is 11.2. The first-order chi connectivity index (χ1) is 12.3. The van der Waals surface area contributed by atoms with Crippen molar-refractivity contribution in [3.63, 3.8) is 0 Å². The third kappa shape index (κ3) is 4.00. The van der Waals surface area contributed by atoms with Crippen LogP contribution in [0.1, 0.15) is 18.1 Å². The standard InChI is InChI=1S/C19H17BrFNO2S2/c1-12(2)16-7-13(18(21)9-17(16)20)4-6-26(23,24)15-8-19(22-10-15)14-3-5-25-11-14/h3,5,7-11,22H,1,4,6H2,2H3. The van der Waals surface area contributed by atoms with Gasteiger partial charge in [0.2, 0.25) is 0 Å². The number of rotatable bonds is 6.